The Hall–Kier alpha value is -2.49. The summed E-state index contributed by atoms with van der Waals surface area (Å²) in [6.07, 6.45) is 0. The monoisotopic (exact) mass is 439 g/mol. The fourth-order valence-electron chi connectivity index (χ4n) is 2.97. The van der Waals surface area contributed by atoms with E-state index in [0.717, 1.165) is 6.07 Å². The lowest BCUT2D eigenvalue weighted by molar-refractivity contribution is -0.129. The van der Waals surface area contributed by atoms with Gasteiger partial charge in [0.05, 0.1) is 9.92 Å². The molecule has 0 atom stereocenters. The molecular formula is C19H19ClFN3O4S. The molecule has 1 N–H and O–H groups in total. The normalized spacial score (nSPS) is 15.2. The van der Waals surface area contributed by atoms with E-state index in [-0.39, 0.29) is 40.2 Å². The minimum absolute atomic E-state index is 0.0152. The van der Waals surface area contributed by atoms with Crippen LogP contribution in [0.25, 0.3) is 0 Å². The van der Waals surface area contributed by atoms with Gasteiger partial charge in [0.25, 0.3) is 5.91 Å². The van der Waals surface area contributed by atoms with Crippen LogP contribution in [0.2, 0.25) is 5.02 Å². The Balaban J connectivity index is 1.77. The van der Waals surface area contributed by atoms with Gasteiger partial charge in [-0.05, 0) is 36.4 Å². The Kier molecular flexibility index (Phi) is 6.21. The molecule has 0 aliphatic carbocycles. The van der Waals surface area contributed by atoms with Crippen LogP contribution in [0.15, 0.2) is 47.4 Å². The molecule has 0 radical (unpaired) electrons. The van der Waals surface area contributed by atoms with Crippen molar-refractivity contribution in [3.63, 3.8) is 0 Å². The predicted octanol–water partition coefficient (Wildman–Crippen LogP) is 2.58. The van der Waals surface area contributed by atoms with Crippen LogP contribution in [0, 0.1) is 5.82 Å². The minimum Gasteiger partial charge on any atom is -0.340 e. The first-order valence-electron chi connectivity index (χ1n) is 8.80. The van der Waals surface area contributed by atoms with Gasteiger partial charge in [-0.1, -0.05) is 17.7 Å². The number of piperazine rings is 1. The van der Waals surface area contributed by atoms with Crippen LogP contribution in [-0.4, -0.2) is 55.6 Å². The van der Waals surface area contributed by atoms with Crippen LogP contribution < -0.4 is 5.32 Å². The standard InChI is InChI=1S/C19H19ClFN3O4S/c1-13(25)23-7-9-24(10-8-23)29(27,28)16-4-2-3-14(11-16)19(26)22-15-5-6-18(21)17(20)12-15/h2-6,11-12H,7-10H2,1H3,(H,22,26). The van der Waals surface area contributed by atoms with E-state index in [2.05, 4.69) is 5.32 Å². The summed E-state index contributed by atoms with van der Waals surface area (Å²) in [5.74, 6) is -1.25. The Morgan fingerprint density at radius 3 is 2.38 bits per heavy atom. The second kappa shape index (κ2) is 8.48. The summed E-state index contributed by atoms with van der Waals surface area (Å²) in [7, 11) is -3.81. The van der Waals surface area contributed by atoms with Crippen molar-refractivity contribution >= 4 is 39.1 Å². The molecule has 1 saturated heterocycles. The number of benzene rings is 2. The van der Waals surface area contributed by atoms with E-state index in [1.54, 1.807) is 4.90 Å². The van der Waals surface area contributed by atoms with E-state index in [1.165, 1.54) is 47.6 Å². The molecule has 29 heavy (non-hydrogen) atoms. The average Bonchev–Trinajstić information content (AvgIpc) is 2.71. The van der Waals surface area contributed by atoms with Crippen molar-refractivity contribution in [3.05, 3.63) is 58.9 Å². The third-order valence-corrected chi connectivity index (χ3v) is 6.78. The molecule has 2 aromatic rings. The number of anilines is 1. The van der Waals surface area contributed by atoms with E-state index < -0.39 is 21.7 Å². The van der Waals surface area contributed by atoms with E-state index in [0.29, 0.717) is 13.1 Å². The third kappa shape index (κ3) is 4.75. The first-order valence-corrected chi connectivity index (χ1v) is 10.6. The molecule has 0 bridgehead atoms. The number of carbonyl (C=O) groups excluding carboxylic acids is 2. The average molecular weight is 440 g/mol. The molecule has 7 nitrogen and oxygen atoms in total. The van der Waals surface area contributed by atoms with Crippen LogP contribution in [0.5, 0.6) is 0 Å². The summed E-state index contributed by atoms with van der Waals surface area (Å²) in [5.41, 5.74) is 0.420. The maximum atomic E-state index is 13.3. The molecule has 1 heterocycles. The van der Waals surface area contributed by atoms with Crippen LogP contribution in [0.1, 0.15) is 17.3 Å². The summed E-state index contributed by atoms with van der Waals surface area (Å²) < 4.78 is 40.4. The molecule has 3 rings (SSSR count). The van der Waals surface area contributed by atoms with Gasteiger partial charge in [-0.15, -0.1) is 0 Å². The summed E-state index contributed by atoms with van der Waals surface area (Å²) in [6, 6.07) is 9.40. The highest BCUT2D eigenvalue weighted by atomic mass is 35.5. The van der Waals surface area contributed by atoms with Crippen molar-refractivity contribution in [2.45, 2.75) is 11.8 Å². The van der Waals surface area contributed by atoms with Crippen molar-refractivity contribution in [1.82, 2.24) is 9.21 Å². The molecule has 0 unspecified atom stereocenters. The third-order valence-electron chi connectivity index (χ3n) is 4.60. The van der Waals surface area contributed by atoms with Crippen LogP contribution in [0.3, 0.4) is 0 Å². The van der Waals surface area contributed by atoms with Crippen molar-refractivity contribution in [2.75, 3.05) is 31.5 Å². The summed E-state index contributed by atoms with van der Waals surface area (Å²) in [6.45, 7) is 2.46. The number of hydrogen-bond acceptors (Lipinski definition) is 4. The molecule has 1 aliphatic rings. The highest BCUT2D eigenvalue weighted by molar-refractivity contribution is 7.89. The number of halogens is 2. The Morgan fingerprint density at radius 1 is 1.07 bits per heavy atom. The predicted molar refractivity (Wildman–Crippen MR) is 107 cm³/mol. The number of rotatable bonds is 4. The Bertz CT molecular complexity index is 1050. The Labute approximate surface area is 173 Å². The molecule has 10 heteroatoms. The van der Waals surface area contributed by atoms with Crippen molar-refractivity contribution in [2.24, 2.45) is 0 Å². The number of carbonyl (C=O) groups is 2. The molecular weight excluding hydrogens is 421 g/mol. The highest BCUT2D eigenvalue weighted by Crippen LogP contribution is 2.22. The zero-order chi connectivity index (χ0) is 21.2. The lowest BCUT2D eigenvalue weighted by atomic mass is 10.2. The van der Waals surface area contributed by atoms with Gasteiger partial charge in [0.15, 0.2) is 0 Å². The van der Waals surface area contributed by atoms with Crippen LogP contribution in [0.4, 0.5) is 10.1 Å². The van der Waals surface area contributed by atoms with E-state index in [1.807, 2.05) is 0 Å². The van der Waals surface area contributed by atoms with E-state index in [4.69, 9.17) is 11.6 Å². The smallest absolute Gasteiger partial charge is 0.255 e. The minimum atomic E-state index is -3.81. The first kappa shape index (κ1) is 21.2. The van der Waals surface area contributed by atoms with Gasteiger partial charge in [0.2, 0.25) is 15.9 Å². The highest BCUT2D eigenvalue weighted by Gasteiger charge is 2.29. The molecule has 2 aromatic carbocycles. The number of hydrogen-bond donors (Lipinski definition) is 1. The van der Waals surface area contributed by atoms with Gasteiger partial charge >= 0.3 is 0 Å². The fraction of sp³-hybridized carbons (Fsp3) is 0.263. The molecule has 154 valence electrons. The van der Waals surface area contributed by atoms with Gasteiger partial charge in [0.1, 0.15) is 5.82 Å². The van der Waals surface area contributed by atoms with Crippen molar-refractivity contribution < 1.29 is 22.4 Å². The number of amides is 2. The molecule has 0 aromatic heterocycles. The van der Waals surface area contributed by atoms with Crippen LogP contribution in [-0.2, 0) is 14.8 Å². The van der Waals surface area contributed by atoms with Crippen molar-refractivity contribution in [1.29, 1.82) is 0 Å². The second-order valence-electron chi connectivity index (χ2n) is 6.52. The van der Waals surface area contributed by atoms with E-state index >= 15 is 0 Å². The zero-order valence-electron chi connectivity index (χ0n) is 15.6. The van der Waals surface area contributed by atoms with Crippen molar-refractivity contribution in [3.8, 4) is 0 Å². The molecule has 1 fully saturated rings. The van der Waals surface area contributed by atoms with Gasteiger partial charge in [-0.2, -0.15) is 4.31 Å². The summed E-state index contributed by atoms with van der Waals surface area (Å²) in [4.78, 5) is 25.5. The molecule has 1 aliphatic heterocycles. The van der Waals surface area contributed by atoms with Gasteiger partial charge in [0, 0.05) is 44.4 Å². The number of nitrogens with one attached hydrogen (secondary N) is 1. The second-order valence-corrected chi connectivity index (χ2v) is 8.87. The van der Waals surface area contributed by atoms with E-state index in [9.17, 15) is 22.4 Å². The van der Waals surface area contributed by atoms with Crippen LogP contribution >= 0.6 is 11.6 Å². The number of nitrogens with zero attached hydrogens (tertiary/aromatic N) is 2. The van der Waals surface area contributed by atoms with Gasteiger partial charge in [-0.3, -0.25) is 9.59 Å². The van der Waals surface area contributed by atoms with Gasteiger partial charge in [-0.25, -0.2) is 12.8 Å². The lowest BCUT2D eigenvalue weighted by Gasteiger charge is -2.33. The maximum absolute atomic E-state index is 13.3. The quantitative estimate of drug-likeness (QED) is 0.793. The SMILES string of the molecule is CC(=O)N1CCN(S(=O)(=O)c2cccc(C(=O)Nc3ccc(F)c(Cl)c3)c2)CC1. The molecule has 2 amide bonds. The summed E-state index contributed by atoms with van der Waals surface area (Å²) in [5, 5.41) is 2.42. The lowest BCUT2D eigenvalue weighted by Crippen LogP contribution is -2.49. The molecule has 0 saturated carbocycles. The first-order chi connectivity index (χ1) is 13.7. The van der Waals surface area contributed by atoms with Gasteiger partial charge < -0.3 is 10.2 Å². The summed E-state index contributed by atoms with van der Waals surface area (Å²) >= 11 is 5.71. The zero-order valence-corrected chi connectivity index (χ0v) is 17.1. The topological polar surface area (TPSA) is 86.8 Å². The molecule has 0 spiro atoms. The maximum Gasteiger partial charge on any atom is 0.255 e. The largest absolute Gasteiger partial charge is 0.340 e. The fourth-order valence-corrected chi connectivity index (χ4v) is 4.62. The Morgan fingerprint density at radius 2 is 1.76 bits per heavy atom. The number of sulfonamides is 1.